The first-order chi connectivity index (χ1) is 8.99. The number of aromatic nitrogens is 3. The van der Waals surface area contributed by atoms with Crippen molar-refractivity contribution in [2.75, 3.05) is 11.9 Å². The summed E-state index contributed by atoms with van der Waals surface area (Å²) in [5.41, 5.74) is 0.972. The summed E-state index contributed by atoms with van der Waals surface area (Å²) in [6.07, 6.45) is 0. The lowest BCUT2D eigenvalue weighted by atomic mass is 10.1. The molecule has 0 aliphatic carbocycles. The number of hydrogen-bond acceptors (Lipinski definition) is 4. The zero-order valence-electron chi connectivity index (χ0n) is 10.3. The summed E-state index contributed by atoms with van der Waals surface area (Å²) in [5.74, 6) is 0.400. The molecular weight excluding hydrogens is 307 g/mol. The molecule has 0 saturated carbocycles. The molecule has 0 bridgehead atoms. The number of halogens is 3. The maximum atomic E-state index is 6.18. The molecule has 1 heterocycles. The third-order valence-electron chi connectivity index (χ3n) is 2.82. The summed E-state index contributed by atoms with van der Waals surface area (Å²) in [4.78, 5) is 13.7. The quantitative estimate of drug-likeness (QED) is 0.857. The Morgan fingerprint density at radius 1 is 1.00 bits per heavy atom. The molecule has 1 aromatic carbocycles. The van der Waals surface area contributed by atoms with E-state index in [9.17, 15) is 0 Å². The van der Waals surface area contributed by atoms with Gasteiger partial charge < -0.3 is 4.90 Å². The van der Waals surface area contributed by atoms with Crippen LogP contribution in [0.3, 0.4) is 0 Å². The highest BCUT2D eigenvalue weighted by molar-refractivity contribution is 6.31. The number of rotatable bonds is 3. The van der Waals surface area contributed by atoms with Crippen LogP contribution < -0.4 is 4.90 Å². The smallest absolute Gasteiger partial charge is 0.231 e. The number of anilines is 1. The SMILES string of the molecule is CC(c1ccccc1Cl)N(C)c1nc(Cl)nc(Cl)n1. The second-order valence-corrected chi connectivity index (χ2v) is 5.07. The Morgan fingerprint density at radius 3 is 2.16 bits per heavy atom. The molecule has 0 N–H and O–H groups in total. The predicted octanol–water partition coefficient (Wildman–Crippen LogP) is 4.03. The first-order valence-corrected chi connectivity index (χ1v) is 6.66. The molecule has 0 fully saturated rings. The van der Waals surface area contributed by atoms with Crippen molar-refractivity contribution in [1.29, 1.82) is 0 Å². The Morgan fingerprint density at radius 2 is 1.58 bits per heavy atom. The van der Waals surface area contributed by atoms with Crippen LogP contribution in [0.25, 0.3) is 0 Å². The number of hydrogen-bond donors (Lipinski definition) is 0. The molecule has 1 unspecified atom stereocenters. The van der Waals surface area contributed by atoms with Crippen LogP contribution in [0.15, 0.2) is 24.3 Å². The lowest BCUT2D eigenvalue weighted by Crippen LogP contribution is -2.24. The lowest BCUT2D eigenvalue weighted by Gasteiger charge is -2.25. The lowest BCUT2D eigenvalue weighted by molar-refractivity contribution is 0.712. The van der Waals surface area contributed by atoms with E-state index in [4.69, 9.17) is 34.8 Å². The van der Waals surface area contributed by atoms with Gasteiger partial charge in [0.25, 0.3) is 0 Å². The summed E-state index contributed by atoms with van der Waals surface area (Å²) in [6.45, 7) is 1.99. The Balaban J connectivity index is 2.33. The fraction of sp³-hybridized carbons (Fsp3) is 0.250. The van der Waals surface area contributed by atoms with Gasteiger partial charge in [-0.2, -0.15) is 15.0 Å². The van der Waals surface area contributed by atoms with Crippen LogP contribution in [0.2, 0.25) is 15.6 Å². The fourth-order valence-electron chi connectivity index (χ4n) is 1.67. The molecule has 0 aliphatic heterocycles. The molecule has 0 aliphatic rings. The summed E-state index contributed by atoms with van der Waals surface area (Å²) >= 11 is 17.7. The molecule has 0 radical (unpaired) electrons. The van der Waals surface area contributed by atoms with Crippen LogP contribution in [-0.2, 0) is 0 Å². The Kier molecular flexibility index (Phi) is 4.45. The van der Waals surface area contributed by atoms with E-state index < -0.39 is 0 Å². The zero-order valence-corrected chi connectivity index (χ0v) is 12.6. The fourth-order valence-corrected chi connectivity index (χ4v) is 2.32. The van der Waals surface area contributed by atoms with Crippen LogP contribution >= 0.6 is 34.8 Å². The number of benzene rings is 1. The second kappa shape index (κ2) is 5.90. The molecule has 100 valence electrons. The minimum absolute atomic E-state index is 0.0248. The molecule has 19 heavy (non-hydrogen) atoms. The molecule has 7 heteroatoms. The average Bonchev–Trinajstić information content (AvgIpc) is 2.36. The highest BCUT2D eigenvalue weighted by Gasteiger charge is 2.18. The van der Waals surface area contributed by atoms with Crippen molar-refractivity contribution >= 4 is 40.8 Å². The van der Waals surface area contributed by atoms with Crippen LogP contribution in [0.4, 0.5) is 5.95 Å². The summed E-state index contributed by atoms with van der Waals surface area (Å²) < 4.78 is 0. The van der Waals surface area contributed by atoms with Crippen molar-refractivity contribution in [2.45, 2.75) is 13.0 Å². The van der Waals surface area contributed by atoms with Gasteiger partial charge in [-0.15, -0.1) is 0 Å². The number of nitrogens with zero attached hydrogens (tertiary/aromatic N) is 4. The van der Waals surface area contributed by atoms with E-state index in [2.05, 4.69) is 15.0 Å². The average molecular weight is 318 g/mol. The van der Waals surface area contributed by atoms with Gasteiger partial charge in [0.15, 0.2) is 0 Å². The molecule has 1 aromatic heterocycles. The van der Waals surface area contributed by atoms with Crippen LogP contribution in [0, 0.1) is 0 Å². The molecule has 2 rings (SSSR count). The van der Waals surface area contributed by atoms with Crippen molar-refractivity contribution in [2.24, 2.45) is 0 Å². The topological polar surface area (TPSA) is 41.9 Å². The van der Waals surface area contributed by atoms with Gasteiger partial charge >= 0.3 is 0 Å². The summed E-state index contributed by atoms with van der Waals surface area (Å²) in [5, 5.41) is 0.814. The van der Waals surface area contributed by atoms with Gasteiger partial charge in [-0.05, 0) is 41.8 Å². The monoisotopic (exact) mass is 316 g/mol. The van der Waals surface area contributed by atoms with Crippen LogP contribution in [0.5, 0.6) is 0 Å². The van der Waals surface area contributed by atoms with Gasteiger partial charge in [0.2, 0.25) is 16.5 Å². The van der Waals surface area contributed by atoms with E-state index in [0.29, 0.717) is 11.0 Å². The molecule has 0 amide bonds. The minimum Gasteiger partial charge on any atom is -0.337 e. The Hall–Kier alpha value is -1.10. The first-order valence-electron chi connectivity index (χ1n) is 5.53. The molecule has 0 spiro atoms. The van der Waals surface area contributed by atoms with E-state index in [1.54, 1.807) is 0 Å². The molecule has 0 saturated heterocycles. The normalized spacial score (nSPS) is 12.3. The van der Waals surface area contributed by atoms with E-state index in [1.807, 2.05) is 43.1 Å². The second-order valence-electron chi connectivity index (χ2n) is 3.98. The summed E-state index contributed by atoms with van der Waals surface area (Å²) in [6, 6.07) is 7.58. The predicted molar refractivity (Wildman–Crippen MR) is 78.1 cm³/mol. The highest BCUT2D eigenvalue weighted by Crippen LogP contribution is 2.28. The van der Waals surface area contributed by atoms with Gasteiger partial charge in [-0.25, -0.2) is 0 Å². The molecular formula is C12H11Cl3N4. The van der Waals surface area contributed by atoms with Gasteiger partial charge in [0.05, 0.1) is 6.04 Å². The van der Waals surface area contributed by atoms with Crippen LogP contribution in [-0.4, -0.2) is 22.0 Å². The van der Waals surface area contributed by atoms with Crippen molar-refractivity contribution in [3.63, 3.8) is 0 Å². The van der Waals surface area contributed by atoms with Crippen molar-refractivity contribution in [3.8, 4) is 0 Å². The summed E-state index contributed by atoms with van der Waals surface area (Å²) in [7, 11) is 1.84. The standard InChI is InChI=1S/C12H11Cl3N4/c1-7(8-5-3-4-6-9(8)13)19(2)12-17-10(14)16-11(15)18-12/h3-7H,1-2H3. The van der Waals surface area contributed by atoms with Gasteiger partial charge in [-0.3, -0.25) is 0 Å². The third kappa shape index (κ3) is 3.26. The van der Waals surface area contributed by atoms with Crippen molar-refractivity contribution in [1.82, 2.24) is 15.0 Å². The highest BCUT2D eigenvalue weighted by atomic mass is 35.5. The largest absolute Gasteiger partial charge is 0.337 e. The minimum atomic E-state index is -0.0248. The van der Waals surface area contributed by atoms with Gasteiger partial charge in [0, 0.05) is 12.1 Å². The van der Waals surface area contributed by atoms with Crippen molar-refractivity contribution in [3.05, 3.63) is 45.4 Å². The molecule has 1 atom stereocenters. The van der Waals surface area contributed by atoms with E-state index in [-0.39, 0.29) is 16.6 Å². The third-order valence-corrected chi connectivity index (χ3v) is 3.50. The maximum absolute atomic E-state index is 6.18. The molecule has 2 aromatic rings. The Bertz CT molecular complexity index is 571. The first kappa shape index (κ1) is 14.3. The van der Waals surface area contributed by atoms with E-state index in [1.165, 1.54) is 0 Å². The zero-order chi connectivity index (χ0) is 14.0. The Labute approximate surface area is 126 Å². The van der Waals surface area contributed by atoms with Gasteiger partial charge in [-0.1, -0.05) is 29.8 Å². The van der Waals surface area contributed by atoms with Crippen molar-refractivity contribution < 1.29 is 0 Å². The van der Waals surface area contributed by atoms with Gasteiger partial charge in [0.1, 0.15) is 0 Å². The van der Waals surface area contributed by atoms with Crippen LogP contribution in [0.1, 0.15) is 18.5 Å². The maximum Gasteiger partial charge on any atom is 0.231 e. The molecule has 4 nitrogen and oxygen atoms in total. The van der Waals surface area contributed by atoms with E-state index >= 15 is 0 Å². The van der Waals surface area contributed by atoms with E-state index in [0.717, 1.165) is 5.56 Å².